The van der Waals surface area contributed by atoms with Gasteiger partial charge in [0.15, 0.2) is 0 Å². The first-order valence-corrected chi connectivity index (χ1v) is 6.01. The highest BCUT2D eigenvalue weighted by molar-refractivity contribution is 6.29. The van der Waals surface area contributed by atoms with Gasteiger partial charge in [-0.2, -0.15) is 0 Å². The second-order valence-corrected chi connectivity index (χ2v) is 4.50. The minimum Gasteiger partial charge on any atom is -0.465 e. The van der Waals surface area contributed by atoms with Crippen LogP contribution in [-0.4, -0.2) is 27.4 Å². The zero-order valence-electron chi connectivity index (χ0n) is 10.3. The summed E-state index contributed by atoms with van der Waals surface area (Å²) in [5, 5.41) is 1.16. The Hall–Kier alpha value is -2.14. The van der Waals surface area contributed by atoms with Gasteiger partial charge in [0.1, 0.15) is 5.65 Å². The second kappa shape index (κ2) is 4.20. The molecule has 0 bridgehead atoms. The number of methoxy groups -OCH3 is 1. The first-order valence-electron chi connectivity index (χ1n) is 5.63. The molecule has 96 valence electrons. The molecule has 0 aliphatic carbocycles. The van der Waals surface area contributed by atoms with Crippen LogP contribution < -0.4 is 0 Å². The van der Waals surface area contributed by atoms with E-state index in [1.165, 1.54) is 7.11 Å². The highest BCUT2D eigenvalue weighted by Gasteiger charge is 2.12. The predicted octanol–water partition coefficient (Wildman–Crippen LogP) is 2.63. The van der Waals surface area contributed by atoms with Crippen LogP contribution in [0.2, 0.25) is 5.28 Å². The van der Waals surface area contributed by atoms with Crippen LogP contribution in [0.25, 0.3) is 16.6 Å². The van der Waals surface area contributed by atoms with Crippen LogP contribution in [-0.2, 0) is 4.74 Å². The third-order valence-electron chi connectivity index (χ3n) is 3.00. The minimum atomic E-state index is -0.404. The molecule has 2 heterocycles. The van der Waals surface area contributed by atoms with Gasteiger partial charge < -0.3 is 4.74 Å². The molecule has 0 aliphatic rings. The molecular weight excluding hydrogens is 266 g/mol. The third kappa shape index (κ3) is 1.74. The van der Waals surface area contributed by atoms with E-state index < -0.39 is 5.97 Å². The van der Waals surface area contributed by atoms with Crippen LogP contribution in [0.1, 0.15) is 16.1 Å². The van der Waals surface area contributed by atoms with Crippen molar-refractivity contribution >= 4 is 34.1 Å². The summed E-state index contributed by atoms with van der Waals surface area (Å²) >= 11 is 6.14. The number of benzene rings is 1. The van der Waals surface area contributed by atoms with Crippen LogP contribution in [0, 0.1) is 6.92 Å². The standard InChI is InChI=1S/C13H10ClN3O2/c1-7-6-15-11-9-4-3-8(12(18)19-2)5-10(9)16-13(14)17(7)11/h3-6H,1-2H3. The summed E-state index contributed by atoms with van der Waals surface area (Å²) < 4.78 is 6.45. The number of esters is 1. The topological polar surface area (TPSA) is 56.5 Å². The molecule has 0 aliphatic heterocycles. The van der Waals surface area contributed by atoms with Gasteiger partial charge in [-0.25, -0.2) is 14.8 Å². The maximum atomic E-state index is 11.5. The Kier molecular flexibility index (Phi) is 2.64. The Morgan fingerprint density at radius 1 is 1.42 bits per heavy atom. The van der Waals surface area contributed by atoms with Crippen LogP contribution in [0.3, 0.4) is 0 Å². The van der Waals surface area contributed by atoms with Crippen molar-refractivity contribution in [2.45, 2.75) is 6.92 Å². The van der Waals surface area contributed by atoms with Gasteiger partial charge in [0.25, 0.3) is 0 Å². The number of carbonyl (C=O) groups is 1. The molecule has 5 nitrogen and oxygen atoms in total. The molecule has 3 rings (SSSR count). The minimum absolute atomic E-state index is 0.319. The van der Waals surface area contributed by atoms with Gasteiger partial charge in [-0.15, -0.1) is 0 Å². The van der Waals surface area contributed by atoms with Gasteiger partial charge in [0.2, 0.25) is 5.28 Å². The Labute approximate surface area is 113 Å². The summed E-state index contributed by atoms with van der Waals surface area (Å²) in [6.07, 6.45) is 1.73. The van der Waals surface area contributed by atoms with E-state index in [2.05, 4.69) is 14.7 Å². The molecule has 0 atom stereocenters. The van der Waals surface area contributed by atoms with Crippen molar-refractivity contribution in [2.24, 2.45) is 0 Å². The number of rotatable bonds is 1. The van der Waals surface area contributed by atoms with Crippen LogP contribution in [0.15, 0.2) is 24.4 Å². The molecule has 0 spiro atoms. The molecule has 0 radical (unpaired) electrons. The molecule has 3 aromatic rings. The highest BCUT2D eigenvalue weighted by atomic mass is 35.5. The number of fused-ring (bicyclic) bond motifs is 3. The summed E-state index contributed by atoms with van der Waals surface area (Å²) in [7, 11) is 1.34. The van der Waals surface area contributed by atoms with E-state index in [1.54, 1.807) is 28.8 Å². The quantitative estimate of drug-likeness (QED) is 0.506. The van der Waals surface area contributed by atoms with E-state index in [1.807, 2.05) is 6.92 Å². The van der Waals surface area contributed by atoms with Gasteiger partial charge in [0.05, 0.1) is 18.2 Å². The molecular formula is C13H10ClN3O2. The summed E-state index contributed by atoms with van der Waals surface area (Å²) in [5.41, 5.74) is 2.69. The summed E-state index contributed by atoms with van der Waals surface area (Å²) in [5.74, 6) is -0.404. The van der Waals surface area contributed by atoms with Gasteiger partial charge in [-0.1, -0.05) is 0 Å². The van der Waals surface area contributed by atoms with E-state index >= 15 is 0 Å². The average Bonchev–Trinajstić information content (AvgIpc) is 2.80. The van der Waals surface area contributed by atoms with Crippen molar-refractivity contribution in [2.75, 3.05) is 7.11 Å². The van der Waals surface area contributed by atoms with Crippen LogP contribution >= 0.6 is 11.6 Å². The Morgan fingerprint density at radius 2 is 2.21 bits per heavy atom. The fraction of sp³-hybridized carbons (Fsp3) is 0.154. The van der Waals surface area contributed by atoms with E-state index in [9.17, 15) is 4.79 Å². The molecule has 0 saturated heterocycles. The molecule has 0 amide bonds. The third-order valence-corrected chi connectivity index (χ3v) is 3.25. The van der Waals surface area contributed by atoms with E-state index in [0.717, 1.165) is 16.7 Å². The molecule has 6 heteroatoms. The van der Waals surface area contributed by atoms with Crippen LogP contribution in [0.5, 0.6) is 0 Å². The second-order valence-electron chi connectivity index (χ2n) is 4.16. The fourth-order valence-electron chi connectivity index (χ4n) is 2.07. The van der Waals surface area contributed by atoms with Gasteiger partial charge in [-0.3, -0.25) is 4.40 Å². The Balaban J connectivity index is 2.37. The van der Waals surface area contributed by atoms with Crippen molar-refractivity contribution in [3.63, 3.8) is 0 Å². The number of hydrogen-bond donors (Lipinski definition) is 0. The van der Waals surface area contributed by atoms with Crippen molar-refractivity contribution in [3.05, 3.63) is 40.9 Å². The zero-order chi connectivity index (χ0) is 13.6. The fourth-order valence-corrected chi connectivity index (χ4v) is 2.37. The van der Waals surface area contributed by atoms with Crippen molar-refractivity contribution in [3.8, 4) is 0 Å². The highest BCUT2D eigenvalue weighted by Crippen LogP contribution is 2.23. The van der Waals surface area contributed by atoms with Gasteiger partial charge in [0, 0.05) is 17.3 Å². The summed E-state index contributed by atoms with van der Waals surface area (Å²) in [6.45, 7) is 1.90. The predicted molar refractivity (Wildman–Crippen MR) is 71.6 cm³/mol. The Morgan fingerprint density at radius 3 is 2.95 bits per heavy atom. The maximum Gasteiger partial charge on any atom is 0.337 e. The lowest BCUT2D eigenvalue weighted by atomic mass is 10.1. The molecule has 2 aromatic heterocycles. The molecule has 0 saturated carbocycles. The average molecular weight is 276 g/mol. The van der Waals surface area contributed by atoms with Gasteiger partial charge in [-0.05, 0) is 36.7 Å². The van der Waals surface area contributed by atoms with E-state index in [-0.39, 0.29) is 0 Å². The van der Waals surface area contributed by atoms with E-state index in [0.29, 0.717) is 16.4 Å². The number of aryl methyl sites for hydroxylation is 1. The lowest BCUT2D eigenvalue weighted by Crippen LogP contribution is -2.02. The van der Waals surface area contributed by atoms with Crippen molar-refractivity contribution in [1.82, 2.24) is 14.4 Å². The maximum absolute atomic E-state index is 11.5. The lowest BCUT2D eigenvalue weighted by Gasteiger charge is -2.05. The SMILES string of the molecule is COC(=O)c1ccc2c(c1)nc(Cl)n1c(C)cnc21. The first kappa shape index (κ1) is 11.9. The number of ether oxygens (including phenoxy) is 1. The Bertz CT molecular complexity index is 810. The summed E-state index contributed by atoms with van der Waals surface area (Å²) in [6, 6.07) is 5.14. The number of carbonyl (C=O) groups excluding carboxylic acids is 1. The number of halogens is 1. The first-order chi connectivity index (χ1) is 9.11. The number of nitrogens with zero attached hydrogens (tertiary/aromatic N) is 3. The van der Waals surface area contributed by atoms with Crippen molar-refractivity contribution in [1.29, 1.82) is 0 Å². The number of hydrogen-bond acceptors (Lipinski definition) is 4. The molecule has 0 fully saturated rings. The van der Waals surface area contributed by atoms with E-state index in [4.69, 9.17) is 11.6 Å². The molecule has 1 aromatic carbocycles. The summed E-state index contributed by atoms with van der Waals surface area (Å²) in [4.78, 5) is 20.1. The lowest BCUT2D eigenvalue weighted by molar-refractivity contribution is 0.0601. The number of aromatic nitrogens is 3. The molecule has 0 N–H and O–H groups in total. The smallest absolute Gasteiger partial charge is 0.337 e. The largest absolute Gasteiger partial charge is 0.465 e. The number of imidazole rings is 1. The zero-order valence-corrected chi connectivity index (χ0v) is 11.1. The normalized spacial score (nSPS) is 11.1. The van der Waals surface area contributed by atoms with Crippen molar-refractivity contribution < 1.29 is 9.53 Å². The van der Waals surface area contributed by atoms with Crippen LogP contribution in [0.4, 0.5) is 0 Å². The monoisotopic (exact) mass is 275 g/mol. The van der Waals surface area contributed by atoms with Gasteiger partial charge >= 0.3 is 5.97 Å². The molecule has 0 unspecified atom stereocenters. The molecule has 19 heavy (non-hydrogen) atoms.